The lowest BCUT2D eigenvalue weighted by Gasteiger charge is -2.25. The summed E-state index contributed by atoms with van der Waals surface area (Å²) >= 11 is 0. The van der Waals surface area contributed by atoms with Crippen molar-refractivity contribution in [1.82, 2.24) is 14.7 Å². The van der Waals surface area contributed by atoms with Gasteiger partial charge in [-0.25, -0.2) is 4.68 Å². The van der Waals surface area contributed by atoms with Crippen LogP contribution in [-0.4, -0.2) is 72.5 Å². The molecule has 0 amide bonds. The van der Waals surface area contributed by atoms with Crippen LogP contribution in [0.4, 0.5) is 0 Å². The molecular formula is C27H37N3O5. The van der Waals surface area contributed by atoms with E-state index in [1.807, 2.05) is 75.5 Å². The molecule has 0 aliphatic rings. The third-order valence-electron chi connectivity index (χ3n) is 5.50. The number of aromatic nitrogens is 2. The normalized spacial score (nSPS) is 12.3. The summed E-state index contributed by atoms with van der Waals surface area (Å²) in [5.41, 5.74) is 2.73. The number of aliphatic hydroxyl groups is 1. The maximum absolute atomic E-state index is 10.6. The fraction of sp³-hybridized carbons (Fsp3) is 0.444. The Hall–Kier alpha value is -2.91. The first kappa shape index (κ1) is 26.7. The van der Waals surface area contributed by atoms with Crippen molar-refractivity contribution in [2.45, 2.75) is 32.6 Å². The smallest absolute Gasteiger partial charge is 0.222 e. The average molecular weight is 484 g/mol. The maximum Gasteiger partial charge on any atom is 0.222 e. The minimum atomic E-state index is -0.635. The van der Waals surface area contributed by atoms with Crippen molar-refractivity contribution >= 4 is 0 Å². The van der Waals surface area contributed by atoms with E-state index in [4.69, 9.17) is 24.0 Å². The summed E-state index contributed by atoms with van der Waals surface area (Å²) in [5.74, 6) is 1.86. The summed E-state index contributed by atoms with van der Waals surface area (Å²) in [6.07, 6.45) is -0.578. The second-order valence-electron chi connectivity index (χ2n) is 8.64. The molecule has 1 atom stereocenters. The van der Waals surface area contributed by atoms with Gasteiger partial charge in [-0.3, -0.25) is 4.90 Å². The van der Waals surface area contributed by atoms with Gasteiger partial charge in [0.2, 0.25) is 5.88 Å². The van der Waals surface area contributed by atoms with Gasteiger partial charge < -0.3 is 24.1 Å². The average Bonchev–Trinajstić information content (AvgIpc) is 3.16. The molecule has 35 heavy (non-hydrogen) atoms. The SMILES string of the molecule is COCCN(Cc1c(-c2ccccc2)nn(C)c1Oc1ccccc1OC)C[C@@H](O)COC(C)C. The van der Waals surface area contributed by atoms with Crippen LogP contribution in [-0.2, 0) is 23.1 Å². The third kappa shape index (κ3) is 7.53. The fourth-order valence-corrected chi connectivity index (χ4v) is 3.79. The number of ether oxygens (including phenoxy) is 4. The van der Waals surface area contributed by atoms with E-state index in [0.717, 1.165) is 16.8 Å². The highest BCUT2D eigenvalue weighted by Gasteiger charge is 2.24. The number of hydrogen-bond donors (Lipinski definition) is 1. The monoisotopic (exact) mass is 483 g/mol. The van der Waals surface area contributed by atoms with Crippen molar-refractivity contribution in [2.24, 2.45) is 7.05 Å². The first-order valence-corrected chi connectivity index (χ1v) is 11.9. The standard InChI is InChI=1S/C27H37N3O5/c1-20(2)34-19-22(31)17-30(15-16-32-4)18-23-26(21-11-7-6-8-12-21)28-29(3)27(23)35-25-14-10-9-13-24(25)33-5/h6-14,20,22,31H,15-19H2,1-5H3/t22-/m1/s1. The molecule has 0 aliphatic carbocycles. The van der Waals surface area contributed by atoms with Crippen LogP contribution in [0.5, 0.6) is 17.4 Å². The topological polar surface area (TPSA) is 78.2 Å². The molecule has 0 aliphatic heterocycles. The quantitative estimate of drug-likeness (QED) is 0.370. The van der Waals surface area contributed by atoms with Crippen LogP contribution in [0.3, 0.4) is 0 Å². The number of aliphatic hydroxyl groups excluding tert-OH is 1. The molecule has 0 fully saturated rings. The molecule has 1 heterocycles. The molecule has 3 aromatic rings. The van der Waals surface area contributed by atoms with Gasteiger partial charge in [-0.1, -0.05) is 42.5 Å². The number of methoxy groups -OCH3 is 2. The minimum absolute atomic E-state index is 0.0564. The molecule has 1 N–H and O–H groups in total. The van der Waals surface area contributed by atoms with Crippen LogP contribution >= 0.6 is 0 Å². The lowest BCUT2D eigenvalue weighted by molar-refractivity contribution is -0.0121. The van der Waals surface area contributed by atoms with E-state index in [2.05, 4.69) is 4.90 Å². The van der Waals surface area contributed by atoms with E-state index in [0.29, 0.717) is 43.6 Å². The van der Waals surface area contributed by atoms with E-state index in [-0.39, 0.29) is 12.7 Å². The van der Waals surface area contributed by atoms with Gasteiger partial charge in [-0.05, 0) is 26.0 Å². The van der Waals surface area contributed by atoms with Gasteiger partial charge in [0.1, 0.15) is 5.69 Å². The van der Waals surface area contributed by atoms with E-state index in [9.17, 15) is 5.11 Å². The summed E-state index contributed by atoms with van der Waals surface area (Å²) in [6.45, 7) is 6.27. The van der Waals surface area contributed by atoms with Gasteiger partial charge in [-0.15, -0.1) is 0 Å². The van der Waals surface area contributed by atoms with Gasteiger partial charge >= 0.3 is 0 Å². The molecule has 0 bridgehead atoms. The zero-order valence-corrected chi connectivity index (χ0v) is 21.3. The summed E-state index contributed by atoms with van der Waals surface area (Å²) in [5, 5.41) is 15.4. The van der Waals surface area contributed by atoms with E-state index < -0.39 is 6.10 Å². The molecule has 8 nitrogen and oxygen atoms in total. The zero-order valence-electron chi connectivity index (χ0n) is 21.3. The summed E-state index contributed by atoms with van der Waals surface area (Å²) in [7, 11) is 5.16. The Bertz CT molecular complexity index is 1040. The third-order valence-corrected chi connectivity index (χ3v) is 5.50. The number of rotatable bonds is 14. The number of benzene rings is 2. The molecule has 0 saturated carbocycles. The van der Waals surface area contributed by atoms with Crippen LogP contribution in [0.25, 0.3) is 11.3 Å². The van der Waals surface area contributed by atoms with Crippen molar-refractivity contribution in [3.05, 3.63) is 60.2 Å². The highest BCUT2D eigenvalue weighted by molar-refractivity contribution is 5.65. The van der Waals surface area contributed by atoms with Crippen LogP contribution in [0.15, 0.2) is 54.6 Å². The minimum Gasteiger partial charge on any atom is -0.493 e. The number of nitrogens with zero attached hydrogens (tertiary/aromatic N) is 3. The summed E-state index contributed by atoms with van der Waals surface area (Å²) in [6, 6.07) is 17.6. The van der Waals surface area contributed by atoms with Gasteiger partial charge in [0.15, 0.2) is 11.5 Å². The molecule has 2 aromatic carbocycles. The van der Waals surface area contributed by atoms with Crippen molar-refractivity contribution < 1.29 is 24.1 Å². The van der Waals surface area contributed by atoms with Crippen LogP contribution in [0, 0.1) is 0 Å². The highest BCUT2D eigenvalue weighted by Crippen LogP contribution is 2.37. The van der Waals surface area contributed by atoms with Gasteiger partial charge in [0, 0.05) is 39.4 Å². The van der Waals surface area contributed by atoms with Crippen molar-refractivity contribution in [1.29, 1.82) is 0 Å². The Morgan fingerprint density at radius 2 is 1.69 bits per heavy atom. The number of aryl methyl sites for hydroxylation is 1. The Morgan fingerprint density at radius 1 is 1.00 bits per heavy atom. The lowest BCUT2D eigenvalue weighted by Crippen LogP contribution is -2.37. The second kappa shape index (κ2) is 13.3. The van der Waals surface area contributed by atoms with Crippen LogP contribution in [0.1, 0.15) is 19.4 Å². The van der Waals surface area contributed by atoms with Crippen molar-refractivity contribution in [3.63, 3.8) is 0 Å². The first-order chi connectivity index (χ1) is 16.9. The second-order valence-corrected chi connectivity index (χ2v) is 8.64. The number of para-hydroxylation sites is 2. The first-order valence-electron chi connectivity index (χ1n) is 11.9. The molecule has 8 heteroatoms. The molecule has 0 spiro atoms. The predicted molar refractivity (Wildman–Crippen MR) is 136 cm³/mol. The lowest BCUT2D eigenvalue weighted by atomic mass is 10.1. The van der Waals surface area contributed by atoms with Gasteiger partial charge in [0.25, 0.3) is 0 Å². The Morgan fingerprint density at radius 3 is 2.34 bits per heavy atom. The molecule has 3 rings (SSSR count). The largest absolute Gasteiger partial charge is 0.493 e. The predicted octanol–water partition coefficient (Wildman–Crippen LogP) is 4.12. The van der Waals surface area contributed by atoms with Crippen LogP contribution < -0.4 is 9.47 Å². The van der Waals surface area contributed by atoms with Crippen molar-refractivity contribution in [3.8, 4) is 28.6 Å². The zero-order chi connectivity index (χ0) is 25.2. The molecule has 1 aromatic heterocycles. The van der Waals surface area contributed by atoms with Crippen molar-refractivity contribution in [2.75, 3.05) is 40.5 Å². The number of hydrogen-bond acceptors (Lipinski definition) is 7. The molecule has 190 valence electrons. The highest BCUT2D eigenvalue weighted by atomic mass is 16.5. The van der Waals surface area contributed by atoms with Gasteiger partial charge in [-0.2, -0.15) is 5.10 Å². The summed E-state index contributed by atoms with van der Waals surface area (Å²) < 4.78 is 24.6. The van der Waals surface area contributed by atoms with E-state index in [1.54, 1.807) is 18.9 Å². The van der Waals surface area contributed by atoms with E-state index >= 15 is 0 Å². The Kier molecular flexibility index (Phi) is 10.1. The molecule has 0 radical (unpaired) electrons. The fourth-order valence-electron chi connectivity index (χ4n) is 3.79. The molecular weight excluding hydrogens is 446 g/mol. The molecule has 0 unspecified atom stereocenters. The van der Waals surface area contributed by atoms with E-state index in [1.165, 1.54) is 0 Å². The maximum atomic E-state index is 10.6. The van der Waals surface area contributed by atoms with Gasteiger partial charge in [0.05, 0.1) is 38.1 Å². The Labute approximate surface area is 208 Å². The summed E-state index contributed by atoms with van der Waals surface area (Å²) in [4.78, 5) is 2.14. The van der Waals surface area contributed by atoms with Crippen LogP contribution in [0.2, 0.25) is 0 Å². The molecule has 0 saturated heterocycles. The Balaban J connectivity index is 1.97.